The van der Waals surface area contributed by atoms with Crippen LogP contribution in [0.15, 0.2) is 0 Å². The molecule has 0 aromatic heterocycles. The lowest BCUT2D eigenvalue weighted by Crippen LogP contribution is -2.59. The molecule has 7 nitrogen and oxygen atoms in total. The standard InChI is InChI=1S/C17H29N3O4/c1-3-13(12-7-4-5-8-12)15(21)18-11(2)16(22)20-10-6-9-14(19-20)17(23)24/h11-14,19H,3-10H2,1-2H3,(H,18,21)(H,23,24). The van der Waals surface area contributed by atoms with Gasteiger partial charge in [-0.05, 0) is 44.9 Å². The predicted octanol–water partition coefficient (Wildman–Crippen LogP) is 1.29. The number of carboxylic acids is 1. The van der Waals surface area contributed by atoms with Crippen molar-refractivity contribution in [2.24, 2.45) is 11.8 Å². The summed E-state index contributed by atoms with van der Waals surface area (Å²) in [6, 6.07) is -1.40. The molecule has 1 saturated carbocycles. The number of carboxylic acid groups (broad SMARTS) is 1. The topological polar surface area (TPSA) is 98.7 Å². The van der Waals surface area contributed by atoms with Crippen molar-refractivity contribution in [2.75, 3.05) is 6.54 Å². The summed E-state index contributed by atoms with van der Waals surface area (Å²) in [5.74, 6) is -0.922. The molecule has 0 spiro atoms. The zero-order chi connectivity index (χ0) is 17.7. The number of hydrogen-bond donors (Lipinski definition) is 3. The maximum atomic E-state index is 12.5. The van der Waals surface area contributed by atoms with Crippen LogP contribution in [0.5, 0.6) is 0 Å². The van der Waals surface area contributed by atoms with Gasteiger partial charge < -0.3 is 10.4 Å². The third kappa shape index (κ3) is 4.47. The average Bonchev–Trinajstić information content (AvgIpc) is 3.09. The van der Waals surface area contributed by atoms with Crippen LogP contribution in [0.1, 0.15) is 58.8 Å². The first-order valence-electron chi connectivity index (χ1n) is 9.04. The van der Waals surface area contributed by atoms with E-state index in [1.165, 1.54) is 17.9 Å². The Balaban J connectivity index is 1.90. The van der Waals surface area contributed by atoms with E-state index >= 15 is 0 Å². The number of nitrogens with one attached hydrogen (secondary N) is 2. The molecule has 2 rings (SSSR count). The van der Waals surface area contributed by atoms with Crippen LogP contribution in [0.3, 0.4) is 0 Å². The van der Waals surface area contributed by atoms with E-state index in [1.807, 2.05) is 6.92 Å². The lowest BCUT2D eigenvalue weighted by Gasteiger charge is -2.34. The summed E-state index contributed by atoms with van der Waals surface area (Å²) in [5, 5.41) is 13.2. The van der Waals surface area contributed by atoms with Gasteiger partial charge in [0, 0.05) is 12.5 Å². The molecule has 2 fully saturated rings. The second-order valence-electron chi connectivity index (χ2n) is 6.94. The van der Waals surface area contributed by atoms with Crippen LogP contribution >= 0.6 is 0 Å². The average molecular weight is 339 g/mol. The highest BCUT2D eigenvalue weighted by Crippen LogP contribution is 2.33. The van der Waals surface area contributed by atoms with Crippen LogP contribution in [0, 0.1) is 11.8 Å². The molecular formula is C17H29N3O4. The molecular weight excluding hydrogens is 310 g/mol. The van der Waals surface area contributed by atoms with Gasteiger partial charge >= 0.3 is 5.97 Å². The van der Waals surface area contributed by atoms with Gasteiger partial charge in [0.1, 0.15) is 12.1 Å². The minimum atomic E-state index is -0.962. The Morgan fingerprint density at radius 1 is 1.21 bits per heavy atom. The lowest BCUT2D eigenvalue weighted by molar-refractivity contribution is -0.148. The van der Waals surface area contributed by atoms with E-state index in [0.29, 0.717) is 25.3 Å². The largest absolute Gasteiger partial charge is 0.480 e. The molecule has 3 atom stereocenters. The molecule has 0 aromatic carbocycles. The molecule has 2 amide bonds. The molecule has 1 heterocycles. The number of carbonyl (C=O) groups excluding carboxylic acids is 2. The molecule has 24 heavy (non-hydrogen) atoms. The maximum absolute atomic E-state index is 12.5. The van der Waals surface area contributed by atoms with E-state index in [-0.39, 0.29) is 17.7 Å². The quantitative estimate of drug-likeness (QED) is 0.677. The SMILES string of the molecule is CCC(C(=O)NC(C)C(=O)N1CCCC(C(=O)O)N1)C1CCCC1. The minimum Gasteiger partial charge on any atom is -0.480 e. The normalized spacial score (nSPS) is 24.4. The zero-order valence-corrected chi connectivity index (χ0v) is 14.6. The first-order valence-corrected chi connectivity index (χ1v) is 9.04. The number of nitrogens with zero attached hydrogens (tertiary/aromatic N) is 1. The van der Waals surface area contributed by atoms with Crippen molar-refractivity contribution in [3.05, 3.63) is 0 Å². The smallest absolute Gasteiger partial charge is 0.322 e. The molecule has 0 aromatic rings. The fourth-order valence-electron chi connectivity index (χ4n) is 3.83. The molecule has 7 heteroatoms. The van der Waals surface area contributed by atoms with Gasteiger partial charge in [-0.25, -0.2) is 5.43 Å². The second kappa shape index (κ2) is 8.46. The van der Waals surface area contributed by atoms with Gasteiger partial charge in [0.25, 0.3) is 5.91 Å². The van der Waals surface area contributed by atoms with Crippen LogP contribution in [0.2, 0.25) is 0 Å². The summed E-state index contributed by atoms with van der Waals surface area (Å²) in [4.78, 5) is 36.1. The van der Waals surface area contributed by atoms with Gasteiger partial charge in [0.05, 0.1) is 0 Å². The molecule has 136 valence electrons. The Kier molecular flexibility index (Phi) is 6.60. The second-order valence-corrected chi connectivity index (χ2v) is 6.94. The summed E-state index contributed by atoms with van der Waals surface area (Å²) in [6.07, 6.45) is 6.44. The Hall–Kier alpha value is -1.63. The molecule has 1 aliphatic carbocycles. The van der Waals surface area contributed by atoms with E-state index < -0.39 is 18.1 Å². The number of aliphatic carboxylic acids is 1. The van der Waals surface area contributed by atoms with E-state index in [1.54, 1.807) is 6.92 Å². The minimum absolute atomic E-state index is 0.0381. The lowest BCUT2D eigenvalue weighted by atomic mass is 9.88. The van der Waals surface area contributed by atoms with Crippen LogP contribution in [0.4, 0.5) is 0 Å². The summed E-state index contributed by atoms with van der Waals surface area (Å²) in [7, 11) is 0. The van der Waals surface area contributed by atoms with Crippen molar-refractivity contribution in [3.8, 4) is 0 Å². The van der Waals surface area contributed by atoms with Crippen LogP contribution in [-0.2, 0) is 14.4 Å². The highest BCUT2D eigenvalue weighted by atomic mass is 16.4. The number of carbonyl (C=O) groups is 3. The predicted molar refractivity (Wildman–Crippen MR) is 88.9 cm³/mol. The highest BCUT2D eigenvalue weighted by molar-refractivity contribution is 5.88. The summed E-state index contributed by atoms with van der Waals surface area (Å²) < 4.78 is 0. The maximum Gasteiger partial charge on any atom is 0.322 e. The Bertz CT molecular complexity index is 476. The molecule has 3 N–H and O–H groups in total. The van der Waals surface area contributed by atoms with Crippen molar-refractivity contribution in [3.63, 3.8) is 0 Å². The molecule has 1 saturated heterocycles. The van der Waals surface area contributed by atoms with Crippen LogP contribution in [-0.4, -0.2) is 46.5 Å². The fraction of sp³-hybridized carbons (Fsp3) is 0.824. The van der Waals surface area contributed by atoms with Crippen LogP contribution in [0.25, 0.3) is 0 Å². The van der Waals surface area contributed by atoms with E-state index in [0.717, 1.165) is 19.3 Å². The van der Waals surface area contributed by atoms with E-state index in [2.05, 4.69) is 10.7 Å². The molecule has 0 bridgehead atoms. The highest BCUT2D eigenvalue weighted by Gasteiger charge is 2.33. The van der Waals surface area contributed by atoms with Gasteiger partial charge in [-0.3, -0.25) is 19.4 Å². The van der Waals surface area contributed by atoms with Gasteiger partial charge in [0.2, 0.25) is 5.91 Å². The number of rotatable bonds is 6. The monoisotopic (exact) mass is 339 g/mol. The molecule has 0 radical (unpaired) electrons. The summed E-state index contributed by atoms with van der Waals surface area (Å²) in [5.41, 5.74) is 2.74. The third-order valence-electron chi connectivity index (χ3n) is 5.22. The number of amides is 2. The van der Waals surface area contributed by atoms with Crippen molar-refractivity contribution in [1.29, 1.82) is 0 Å². The number of hydrazine groups is 1. The molecule has 2 aliphatic rings. The summed E-state index contributed by atoms with van der Waals surface area (Å²) >= 11 is 0. The van der Waals surface area contributed by atoms with Gasteiger partial charge in [-0.1, -0.05) is 19.8 Å². The molecule has 3 unspecified atom stereocenters. The van der Waals surface area contributed by atoms with Gasteiger partial charge in [-0.2, -0.15) is 0 Å². The molecule has 1 aliphatic heterocycles. The van der Waals surface area contributed by atoms with Crippen molar-refractivity contribution < 1.29 is 19.5 Å². The Morgan fingerprint density at radius 3 is 2.46 bits per heavy atom. The van der Waals surface area contributed by atoms with Crippen molar-refractivity contribution in [2.45, 2.75) is 70.9 Å². The van der Waals surface area contributed by atoms with Gasteiger partial charge in [-0.15, -0.1) is 0 Å². The van der Waals surface area contributed by atoms with Crippen LogP contribution < -0.4 is 10.7 Å². The first kappa shape index (κ1) is 18.7. The van der Waals surface area contributed by atoms with Crippen molar-refractivity contribution >= 4 is 17.8 Å². The van der Waals surface area contributed by atoms with E-state index in [4.69, 9.17) is 5.11 Å². The Labute approximate surface area is 143 Å². The number of hydrogen-bond acceptors (Lipinski definition) is 4. The third-order valence-corrected chi connectivity index (χ3v) is 5.22. The van der Waals surface area contributed by atoms with Crippen molar-refractivity contribution in [1.82, 2.24) is 15.8 Å². The van der Waals surface area contributed by atoms with E-state index in [9.17, 15) is 14.4 Å². The Morgan fingerprint density at radius 2 is 1.88 bits per heavy atom. The summed E-state index contributed by atoms with van der Waals surface area (Å²) in [6.45, 7) is 4.13. The first-order chi connectivity index (χ1) is 11.4. The zero-order valence-electron chi connectivity index (χ0n) is 14.6. The van der Waals surface area contributed by atoms with Gasteiger partial charge in [0.15, 0.2) is 0 Å². The fourth-order valence-corrected chi connectivity index (χ4v) is 3.83.